The molecule has 1 aromatic rings. The Morgan fingerprint density at radius 2 is 1.95 bits per heavy atom. The number of nitrogens with one attached hydrogen (secondary N) is 1. The molecule has 0 aromatic heterocycles. The van der Waals surface area contributed by atoms with Gasteiger partial charge in [0.15, 0.2) is 0 Å². The molecule has 0 heterocycles. The van der Waals surface area contributed by atoms with Gasteiger partial charge in [-0.25, -0.2) is 5.43 Å². The number of benzene rings is 1. The first kappa shape index (κ1) is 14.6. The van der Waals surface area contributed by atoms with Gasteiger partial charge in [0.1, 0.15) is 0 Å². The fraction of sp³-hybridized carbons (Fsp3) is 0.529. The van der Waals surface area contributed by atoms with Crippen LogP contribution >= 0.6 is 11.6 Å². The number of rotatable bonds is 2. The van der Waals surface area contributed by atoms with Crippen molar-refractivity contribution in [1.29, 1.82) is 0 Å². The smallest absolute Gasteiger partial charge is 0.267 e. The van der Waals surface area contributed by atoms with Crippen LogP contribution in [0.15, 0.2) is 29.4 Å². The van der Waals surface area contributed by atoms with E-state index in [4.69, 9.17) is 11.6 Å². The molecule has 0 saturated heterocycles. The summed E-state index contributed by atoms with van der Waals surface area (Å²) >= 11 is 5.83. The minimum atomic E-state index is -0.177. The lowest BCUT2D eigenvalue weighted by Crippen LogP contribution is -2.34. The van der Waals surface area contributed by atoms with Crippen LogP contribution in [-0.2, 0) is 0 Å². The maximum atomic E-state index is 12.1. The zero-order valence-electron chi connectivity index (χ0n) is 12.7. The molecule has 0 spiro atoms. The Morgan fingerprint density at radius 1 is 1.29 bits per heavy atom. The molecule has 1 N–H and O–H groups in total. The highest BCUT2D eigenvalue weighted by Gasteiger charge is 2.59. The molecule has 2 saturated carbocycles. The third kappa shape index (κ3) is 2.18. The number of hydrogen-bond acceptors (Lipinski definition) is 2. The molecule has 21 heavy (non-hydrogen) atoms. The molecule has 0 unspecified atom stereocenters. The van der Waals surface area contributed by atoms with Gasteiger partial charge in [0, 0.05) is 21.7 Å². The van der Waals surface area contributed by atoms with E-state index in [0.717, 1.165) is 12.1 Å². The topological polar surface area (TPSA) is 41.5 Å². The van der Waals surface area contributed by atoms with Crippen molar-refractivity contribution >= 4 is 23.2 Å². The lowest BCUT2D eigenvalue weighted by Gasteiger charge is -2.34. The average molecular weight is 305 g/mol. The van der Waals surface area contributed by atoms with Crippen LogP contribution in [0.1, 0.15) is 50.4 Å². The van der Waals surface area contributed by atoms with Gasteiger partial charge >= 0.3 is 0 Å². The highest BCUT2D eigenvalue weighted by molar-refractivity contribution is 6.30. The normalized spacial score (nSPS) is 31.6. The van der Waals surface area contributed by atoms with Gasteiger partial charge in [-0.15, -0.1) is 0 Å². The summed E-state index contributed by atoms with van der Waals surface area (Å²) in [5.41, 5.74) is 4.83. The standard InChI is InChI=1S/C17H21ClN2O/c1-16(2)12-8-9-17(16,3)14(10-12)19-20-15(21)11-4-6-13(18)7-5-11/h4-7,12H,8-10H2,1-3H3,(H,20,21)/b19-14+/t12-,17-/m0/s1. The van der Waals surface area contributed by atoms with Gasteiger partial charge < -0.3 is 0 Å². The molecule has 0 aliphatic heterocycles. The molecular formula is C17H21ClN2O. The van der Waals surface area contributed by atoms with Crippen LogP contribution in [-0.4, -0.2) is 11.6 Å². The maximum Gasteiger partial charge on any atom is 0.271 e. The van der Waals surface area contributed by atoms with E-state index in [0.29, 0.717) is 16.5 Å². The van der Waals surface area contributed by atoms with E-state index in [-0.39, 0.29) is 16.7 Å². The van der Waals surface area contributed by atoms with E-state index < -0.39 is 0 Å². The molecule has 2 atom stereocenters. The fourth-order valence-corrected chi connectivity index (χ4v) is 4.01. The summed E-state index contributed by atoms with van der Waals surface area (Å²) in [6.07, 6.45) is 3.44. The number of halogens is 1. The Morgan fingerprint density at radius 3 is 2.48 bits per heavy atom. The molecule has 112 valence electrons. The van der Waals surface area contributed by atoms with Crippen LogP contribution < -0.4 is 5.43 Å². The van der Waals surface area contributed by atoms with Crippen molar-refractivity contribution < 1.29 is 4.79 Å². The second kappa shape index (κ2) is 4.84. The number of hydrogen-bond donors (Lipinski definition) is 1. The number of carbonyl (C=O) groups excluding carboxylic acids is 1. The van der Waals surface area contributed by atoms with Crippen LogP contribution in [0.5, 0.6) is 0 Å². The van der Waals surface area contributed by atoms with Crippen LogP contribution in [0.4, 0.5) is 0 Å². The lowest BCUT2D eigenvalue weighted by molar-refractivity contribution is 0.0954. The highest BCUT2D eigenvalue weighted by Crippen LogP contribution is 2.63. The van der Waals surface area contributed by atoms with Crippen molar-refractivity contribution in [2.75, 3.05) is 0 Å². The van der Waals surface area contributed by atoms with Crippen molar-refractivity contribution in [2.24, 2.45) is 21.8 Å². The number of fused-ring (bicyclic) bond motifs is 2. The summed E-state index contributed by atoms with van der Waals surface area (Å²) in [6, 6.07) is 6.85. The van der Waals surface area contributed by atoms with Crippen LogP contribution in [0.3, 0.4) is 0 Å². The Bertz CT molecular complexity index is 606. The largest absolute Gasteiger partial charge is 0.271 e. The molecule has 3 rings (SSSR count). The predicted octanol–water partition coefficient (Wildman–Crippen LogP) is 4.27. The predicted molar refractivity (Wildman–Crippen MR) is 85.6 cm³/mol. The van der Waals surface area contributed by atoms with Gasteiger partial charge in [-0.05, 0) is 54.9 Å². The molecule has 1 amide bonds. The summed E-state index contributed by atoms with van der Waals surface area (Å²) in [5.74, 6) is 0.511. The summed E-state index contributed by atoms with van der Waals surface area (Å²) < 4.78 is 0. The lowest BCUT2D eigenvalue weighted by atomic mass is 9.70. The molecule has 1 aromatic carbocycles. The molecule has 0 radical (unpaired) electrons. The monoisotopic (exact) mass is 304 g/mol. The van der Waals surface area contributed by atoms with Gasteiger partial charge in [0.05, 0.1) is 0 Å². The van der Waals surface area contributed by atoms with Crippen molar-refractivity contribution in [1.82, 2.24) is 5.43 Å². The van der Waals surface area contributed by atoms with E-state index in [1.807, 2.05) is 0 Å². The molecule has 2 aliphatic carbocycles. The third-order valence-corrected chi connectivity index (χ3v) is 6.16. The number of nitrogens with zero attached hydrogens (tertiary/aromatic N) is 1. The van der Waals surface area contributed by atoms with E-state index in [1.165, 1.54) is 12.8 Å². The zero-order valence-corrected chi connectivity index (χ0v) is 13.5. The van der Waals surface area contributed by atoms with Crippen LogP contribution in [0.25, 0.3) is 0 Å². The van der Waals surface area contributed by atoms with Crippen LogP contribution in [0.2, 0.25) is 5.02 Å². The average Bonchev–Trinajstić information content (AvgIpc) is 2.78. The van der Waals surface area contributed by atoms with Crippen molar-refractivity contribution in [2.45, 2.75) is 40.0 Å². The minimum absolute atomic E-state index is 0.116. The second-order valence-electron chi connectivity index (χ2n) is 7.00. The van der Waals surface area contributed by atoms with E-state index in [1.54, 1.807) is 24.3 Å². The van der Waals surface area contributed by atoms with Gasteiger partial charge in [0.25, 0.3) is 5.91 Å². The number of hydrazone groups is 1. The van der Waals surface area contributed by atoms with E-state index >= 15 is 0 Å². The van der Waals surface area contributed by atoms with Gasteiger partial charge in [-0.3, -0.25) is 4.79 Å². The van der Waals surface area contributed by atoms with Crippen LogP contribution in [0, 0.1) is 16.7 Å². The fourth-order valence-electron chi connectivity index (χ4n) is 3.88. The van der Waals surface area contributed by atoms with Crippen molar-refractivity contribution in [3.63, 3.8) is 0 Å². The summed E-state index contributed by atoms with van der Waals surface area (Å²) in [7, 11) is 0. The van der Waals surface area contributed by atoms with Gasteiger partial charge in [-0.2, -0.15) is 5.10 Å². The van der Waals surface area contributed by atoms with E-state index in [9.17, 15) is 4.79 Å². The number of carbonyl (C=O) groups is 1. The van der Waals surface area contributed by atoms with Gasteiger partial charge in [-0.1, -0.05) is 32.4 Å². The minimum Gasteiger partial charge on any atom is -0.267 e. The molecule has 2 fully saturated rings. The molecule has 2 aliphatic rings. The SMILES string of the molecule is CC1(C)[C@H]2CC[C@@]1(C)/C(=N/NC(=O)c1ccc(Cl)cc1)C2. The Kier molecular flexibility index (Phi) is 3.36. The Hall–Kier alpha value is -1.35. The molecule has 2 bridgehead atoms. The number of amides is 1. The third-order valence-electron chi connectivity index (χ3n) is 5.91. The maximum absolute atomic E-state index is 12.1. The summed E-state index contributed by atoms with van der Waals surface area (Å²) in [4.78, 5) is 12.1. The first-order valence-corrected chi connectivity index (χ1v) is 7.85. The Balaban J connectivity index is 1.76. The zero-order chi connectivity index (χ0) is 15.3. The summed E-state index contributed by atoms with van der Waals surface area (Å²) in [5, 5.41) is 5.08. The second-order valence-corrected chi connectivity index (χ2v) is 7.44. The van der Waals surface area contributed by atoms with Crippen molar-refractivity contribution in [3.05, 3.63) is 34.9 Å². The molecule has 4 heteroatoms. The summed E-state index contributed by atoms with van der Waals surface area (Å²) in [6.45, 7) is 6.94. The van der Waals surface area contributed by atoms with Gasteiger partial charge in [0.2, 0.25) is 0 Å². The highest BCUT2D eigenvalue weighted by atomic mass is 35.5. The quantitative estimate of drug-likeness (QED) is 0.814. The molecule has 3 nitrogen and oxygen atoms in total. The first-order chi connectivity index (χ1) is 9.84. The molecular weight excluding hydrogens is 284 g/mol. The Labute approximate surface area is 130 Å². The first-order valence-electron chi connectivity index (χ1n) is 7.47. The van der Waals surface area contributed by atoms with Crippen molar-refractivity contribution in [3.8, 4) is 0 Å². The van der Waals surface area contributed by atoms with E-state index in [2.05, 4.69) is 31.3 Å².